The highest BCUT2D eigenvalue weighted by Gasteiger charge is 2.22. The molecule has 1 aliphatic rings. The fourth-order valence-corrected chi connectivity index (χ4v) is 4.84. The molecule has 0 fully saturated rings. The van der Waals surface area contributed by atoms with Crippen molar-refractivity contribution in [2.75, 3.05) is 12.3 Å². The van der Waals surface area contributed by atoms with E-state index in [0.717, 1.165) is 28.1 Å². The van der Waals surface area contributed by atoms with Crippen molar-refractivity contribution in [2.45, 2.75) is 31.2 Å². The average molecular weight is 336 g/mol. The molecule has 0 radical (unpaired) electrons. The molecule has 0 saturated carbocycles. The van der Waals surface area contributed by atoms with Gasteiger partial charge in [-0.2, -0.15) is 0 Å². The van der Waals surface area contributed by atoms with Crippen molar-refractivity contribution in [3.63, 3.8) is 0 Å². The van der Waals surface area contributed by atoms with Gasteiger partial charge in [0.2, 0.25) is 11.8 Å². The first-order chi connectivity index (χ1) is 10.5. The lowest BCUT2D eigenvalue weighted by atomic mass is 10.2. The van der Waals surface area contributed by atoms with Crippen molar-refractivity contribution >= 4 is 45.1 Å². The number of thioether (sulfide) groups is 1. The Hall–Kier alpha value is -1.67. The Morgan fingerprint density at radius 3 is 2.95 bits per heavy atom. The quantitative estimate of drug-likeness (QED) is 0.631. The van der Waals surface area contributed by atoms with Crippen LogP contribution in [0.1, 0.15) is 22.7 Å². The largest absolute Gasteiger partial charge is 0.368 e. The number of carbonyl (C=O) groups excluding carboxylic acids is 2. The molecule has 0 unspecified atom stereocenters. The molecule has 0 bridgehead atoms. The predicted molar refractivity (Wildman–Crippen MR) is 87.1 cm³/mol. The van der Waals surface area contributed by atoms with Gasteiger partial charge in [-0.1, -0.05) is 11.8 Å². The van der Waals surface area contributed by atoms with Crippen molar-refractivity contribution in [3.05, 3.63) is 16.3 Å². The van der Waals surface area contributed by atoms with Crippen LogP contribution in [0.25, 0.3) is 10.2 Å². The van der Waals surface area contributed by atoms with Crippen molar-refractivity contribution in [1.82, 2.24) is 15.3 Å². The third-order valence-electron chi connectivity index (χ3n) is 3.44. The number of hydrogen-bond acceptors (Lipinski definition) is 6. The zero-order chi connectivity index (χ0) is 15.7. The summed E-state index contributed by atoms with van der Waals surface area (Å²) in [5.74, 6) is 0.158. The number of hydrogen-bond donors (Lipinski definition) is 2. The van der Waals surface area contributed by atoms with Gasteiger partial charge in [-0.15, -0.1) is 11.3 Å². The molecule has 22 heavy (non-hydrogen) atoms. The topological polar surface area (TPSA) is 98.0 Å². The van der Waals surface area contributed by atoms with Gasteiger partial charge in [0.1, 0.15) is 15.7 Å². The molecule has 0 spiro atoms. The maximum Gasteiger partial charge on any atom is 0.236 e. The van der Waals surface area contributed by atoms with Gasteiger partial charge in [0, 0.05) is 10.3 Å². The third kappa shape index (κ3) is 3.07. The summed E-state index contributed by atoms with van der Waals surface area (Å²) >= 11 is 3.12. The van der Waals surface area contributed by atoms with E-state index in [9.17, 15) is 9.59 Å². The lowest BCUT2D eigenvalue weighted by Crippen LogP contribution is -2.34. The minimum atomic E-state index is -0.547. The molecule has 3 N–H and O–H groups in total. The van der Waals surface area contributed by atoms with E-state index in [-0.39, 0.29) is 18.2 Å². The normalized spacial score (nSPS) is 13.3. The van der Waals surface area contributed by atoms with Crippen LogP contribution in [0.5, 0.6) is 0 Å². The van der Waals surface area contributed by atoms with Gasteiger partial charge in [-0.3, -0.25) is 9.59 Å². The highest BCUT2D eigenvalue weighted by atomic mass is 32.2. The van der Waals surface area contributed by atoms with Crippen molar-refractivity contribution in [2.24, 2.45) is 5.73 Å². The second-order valence-corrected chi connectivity index (χ2v) is 7.19. The lowest BCUT2D eigenvalue weighted by Gasteiger charge is -2.06. The SMILES string of the molecule is Cc1nc(SCC(=O)NCC(N)=O)c2c3c(sc2n1)CCC3. The highest BCUT2D eigenvalue weighted by Crippen LogP contribution is 2.40. The van der Waals surface area contributed by atoms with Crippen LogP contribution in [-0.4, -0.2) is 34.1 Å². The Morgan fingerprint density at radius 1 is 1.36 bits per heavy atom. The Kier molecular flexibility index (Phi) is 4.30. The Labute approximate surface area is 135 Å². The van der Waals surface area contributed by atoms with Gasteiger partial charge in [0.05, 0.1) is 12.3 Å². The van der Waals surface area contributed by atoms with E-state index in [2.05, 4.69) is 15.3 Å². The predicted octanol–water partition coefficient (Wildman–Crippen LogP) is 1.18. The van der Waals surface area contributed by atoms with Gasteiger partial charge in [0.25, 0.3) is 0 Å². The summed E-state index contributed by atoms with van der Waals surface area (Å²) in [5, 5.41) is 4.45. The zero-order valence-corrected chi connectivity index (χ0v) is 13.8. The molecule has 0 aliphatic heterocycles. The molecule has 0 aromatic carbocycles. The molecular formula is C14H16N4O2S2. The fraction of sp³-hybridized carbons (Fsp3) is 0.429. The van der Waals surface area contributed by atoms with Crippen LogP contribution < -0.4 is 11.1 Å². The van der Waals surface area contributed by atoms with Crippen LogP contribution in [0, 0.1) is 6.92 Å². The number of nitrogens with one attached hydrogen (secondary N) is 1. The number of aryl methyl sites for hydroxylation is 3. The minimum Gasteiger partial charge on any atom is -0.368 e. The van der Waals surface area contributed by atoms with Crippen LogP contribution in [0.15, 0.2) is 5.03 Å². The van der Waals surface area contributed by atoms with Crippen LogP contribution in [-0.2, 0) is 22.4 Å². The summed E-state index contributed by atoms with van der Waals surface area (Å²) in [6.45, 7) is 1.73. The summed E-state index contributed by atoms with van der Waals surface area (Å²) in [5.41, 5.74) is 6.36. The number of nitrogens with two attached hydrogens (primary N) is 1. The van der Waals surface area contributed by atoms with Crippen LogP contribution in [0.3, 0.4) is 0 Å². The average Bonchev–Trinajstić information content (AvgIpc) is 3.02. The summed E-state index contributed by atoms with van der Waals surface area (Å²) in [6.07, 6.45) is 3.34. The standard InChI is InChI=1S/C14H16N4O2S2/c1-7-17-13(21-6-11(20)16-5-10(15)19)12-8-3-2-4-9(8)22-14(12)18-7/h2-6H2,1H3,(H2,15,19)(H,16,20). The van der Waals surface area contributed by atoms with Crippen molar-refractivity contribution < 1.29 is 9.59 Å². The van der Waals surface area contributed by atoms with Gasteiger partial charge >= 0.3 is 0 Å². The molecule has 2 heterocycles. The molecular weight excluding hydrogens is 320 g/mol. The number of carbonyl (C=O) groups is 2. The van der Waals surface area contributed by atoms with E-state index in [1.165, 1.54) is 28.6 Å². The van der Waals surface area contributed by atoms with Gasteiger partial charge in [-0.05, 0) is 31.7 Å². The second-order valence-electron chi connectivity index (χ2n) is 5.15. The Balaban J connectivity index is 1.81. The Morgan fingerprint density at radius 2 is 2.18 bits per heavy atom. The summed E-state index contributed by atoms with van der Waals surface area (Å²) in [6, 6.07) is 0. The molecule has 116 valence electrons. The van der Waals surface area contributed by atoms with Gasteiger partial charge < -0.3 is 11.1 Å². The molecule has 3 rings (SSSR count). The summed E-state index contributed by atoms with van der Waals surface area (Å²) < 4.78 is 0. The van der Waals surface area contributed by atoms with Gasteiger partial charge in [-0.25, -0.2) is 9.97 Å². The Bertz CT molecular complexity index is 757. The molecule has 2 amide bonds. The van der Waals surface area contributed by atoms with E-state index >= 15 is 0 Å². The van der Waals surface area contributed by atoms with Crippen molar-refractivity contribution in [1.29, 1.82) is 0 Å². The number of aromatic nitrogens is 2. The highest BCUT2D eigenvalue weighted by molar-refractivity contribution is 8.00. The first kappa shape index (κ1) is 15.2. The van der Waals surface area contributed by atoms with Crippen LogP contribution >= 0.6 is 23.1 Å². The van der Waals surface area contributed by atoms with E-state index < -0.39 is 5.91 Å². The first-order valence-corrected chi connectivity index (χ1v) is 8.81. The molecule has 2 aromatic rings. The number of nitrogens with zero attached hydrogens (tertiary/aromatic N) is 2. The molecule has 0 atom stereocenters. The second kappa shape index (κ2) is 6.21. The molecule has 1 aliphatic carbocycles. The van der Waals surface area contributed by atoms with Gasteiger partial charge in [0.15, 0.2) is 0 Å². The van der Waals surface area contributed by atoms with Crippen LogP contribution in [0.2, 0.25) is 0 Å². The third-order valence-corrected chi connectivity index (χ3v) is 5.60. The van der Waals surface area contributed by atoms with Crippen LogP contribution in [0.4, 0.5) is 0 Å². The maximum atomic E-state index is 11.7. The smallest absolute Gasteiger partial charge is 0.236 e. The summed E-state index contributed by atoms with van der Waals surface area (Å²) in [7, 11) is 0. The maximum absolute atomic E-state index is 11.7. The first-order valence-electron chi connectivity index (χ1n) is 7.01. The van der Waals surface area contributed by atoms with E-state index in [0.29, 0.717) is 5.82 Å². The fourth-order valence-electron chi connectivity index (χ4n) is 2.54. The molecule has 6 nitrogen and oxygen atoms in total. The zero-order valence-electron chi connectivity index (χ0n) is 12.1. The number of amides is 2. The number of primary amides is 1. The van der Waals surface area contributed by atoms with E-state index in [1.54, 1.807) is 11.3 Å². The van der Waals surface area contributed by atoms with E-state index in [1.807, 2.05) is 6.92 Å². The van der Waals surface area contributed by atoms with Crippen molar-refractivity contribution in [3.8, 4) is 0 Å². The lowest BCUT2D eigenvalue weighted by molar-refractivity contribution is -0.123. The number of fused-ring (bicyclic) bond motifs is 3. The van der Waals surface area contributed by atoms with E-state index in [4.69, 9.17) is 5.73 Å². The molecule has 8 heteroatoms. The number of rotatable bonds is 5. The molecule has 0 saturated heterocycles. The number of thiophene rings is 1. The molecule has 2 aromatic heterocycles. The summed E-state index contributed by atoms with van der Waals surface area (Å²) in [4.78, 5) is 33.8. The minimum absolute atomic E-state index is 0.133. The monoisotopic (exact) mass is 336 g/mol.